The van der Waals surface area contributed by atoms with Gasteiger partial charge in [-0.25, -0.2) is 4.79 Å². The number of nitrogens with zero attached hydrogens (tertiary/aromatic N) is 1. The van der Waals surface area contributed by atoms with Crippen molar-refractivity contribution in [1.82, 2.24) is 4.90 Å². The molecule has 0 aliphatic heterocycles. The van der Waals surface area contributed by atoms with Crippen LogP contribution in [0.1, 0.15) is 34.6 Å². The Balaban J connectivity index is 4.64. The molecule has 0 bridgehead atoms. The van der Waals surface area contributed by atoms with Crippen molar-refractivity contribution in [3.63, 3.8) is 0 Å². The molecule has 0 radical (unpaired) electrons. The second kappa shape index (κ2) is 6.21. The van der Waals surface area contributed by atoms with Crippen molar-refractivity contribution in [3.8, 4) is 0 Å². The first-order valence-electron chi connectivity index (χ1n) is 5.85. The molecule has 0 aromatic rings. The number of carbonyl (C=O) groups excluding carboxylic acids is 1. The number of carbonyl (C=O) groups is 1. The smallest absolute Gasteiger partial charge is 0.410 e. The quantitative estimate of drug-likeness (QED) is 0.784. The topological polar surface area (TPSA) is 70.0 Å². The predicted molar refractivity (Wildman–Crippen MR) is 65.7 cm³/mol. The molecular formula is C12H25NO4. The Morgan fingerprint density at radius 1 is 1.35 bits per heavy atom. The first kappa shape index (κ1) is 16.2. The number of aliphatic hydroxyl groups is 2. The molecular weight excluding hydrogens is 222 g/mol. The lowest BCUT2D eigenvalue weighted by molar-refractivity contribution is -0.0221. The molecule has 5 heteroatoms. The Morgan fingerprint density at radius 2 is 1.82 bits per heavy atom. The summed E-state index contributed by atoms with van der Waals surface area (Å²) in [6.07, 6.45) is -1.33. The normalized spacial score (nSPS) is 15.6. The number of ether oxygens (including phenoxy) is 1. The Labute approximate surface area is 103 Å². The number of hydrogen-bond acceptors (Lipinski definition) is 4. The molecule has 0 aromatic carbocycles. The molecule has 0 saturated heterocycles. The van der Waals surface area contributed by atoms with Crippen molar-refractivity contribution in [2.45, 2.75) is 52.4 Å². The largest absolute Gasteiger partial charge is 0.444 e. The van der Waals surface area contributed by atoms with E-state index in [1.165, 1.54) is 11.9 Å². The predicted octanol–water partition coefficient (Wildman–Crippen LogP) is 1.23. The second-order valence-corrected chi connectivity index (χ2v) is 5.58. The molecule has 2 N–H and O–H groups in total. The molecule has 0 heterocycles. The average molecular weight is 247 g/mol. The molecule has 1 amide bonds. The first-order valence-corrected chi connectivity index (χ1v) is 5.85. The number of rotatable bonds is 4. The van der Waals surface area contributed by atoms with Crippen molar-refractivity contribution in [2.24, 2.45) is 5.92 Å². The number of amides is 1. The number of hydrogen-bond donors (Lipinski definition) is 2. The van der Waals surface area contributed by atoms with Gasteiger partial charge < -0.3 is 19.8 Å². The van der Waals surface area contributed by atoms with Crippen LogP contribution in [0.3, 0.4) is 0 Å². The van der Waals surface area contributed by atoms with Gasteiger partial charge in [-0.2, -0.15) is 0 Å². The summed E-state index contributed by atoms with van der Waals surface area (Å²) in [5.41, 5.74) is -0.589. The minimum Gasteiger partial charge on any atom is -0.444 e. The van der Waals surface area contributed by atoms with E-state index in [1.807, 2.05) is 13.8 Å². The van der Waals surface area contributed by atoms with E-state index in [-0.39, 0.29) is 12.5 Å². The van der Waals surface area contributed by atoms with Gasteiger partial charge in [0, 0.05) is 7.05 Å². The highest BCUT2D eigenvalue weighted by atomic mass is 16.6. The van der Waals surface area contributed by atoms with E-state index in [9.17, 15) is 15.0 Å². The fourth-order valence-electron chi connectivity index (χ4n) is 1.37. The van der Waals surface area contributed by atoms with Gasteiger partial charge in [0.25, 0.3) is 0 Å². The van der Waals surface area contributed by atoms with Crippen LogP contribution in [0.2, 0.25) is 0 Å². The molecule has 0 spiro atoms. The summed E-state index contributed by atoms with van der Waals surface area (Å²) in [5.74, 6) is -0.0444. The van der Waals surface area contributed by atoms with E-state index in [4.69, 9.17) is 4.74 Å². The second-order valence-electron chi connectivity index (χ2n) is 5.58. The fraction of sp³-hybridized carbons (Fsp3) is 0.917. The summed E-state index contributed by atoms with van der Waals surface area (Å²) in [4.78, 5) is 13.0. The summed E-state index contributed by atoms with van der Waals surface area (Å²) in [7, 11) is 1.51. The highest BCUT2D eigenvalue weighted by Gasteiger charge is 2.31. The molecule has 0 saturated carbocycles. The summed E-state index contributed by atoms with van der Waals surface area (Å²) in [6, 6.07) is -0.648. The molecule has 5 nitrogen and oxygen atoms in total. The lowest BCUT2D eigenvalue weighted by Crippen LogP contribution is -2.50. The summed E-state index contributed by atoms with van der Waals surface area (Å²) >= 11 is 0. The van der Waals surface area contributed by atoms with Crippen LogP contribution in [0.15, 0.2) is 0 Å². The van der Waals surface area contributed by atoms with Crippen molar-refractivity contribution >= 4 is 6.09 Å². The maximum atomic E-state index is 11.8. The zero-order chi connectivity index (χ0) is 13.8. The minimum absolute atomic E-state index is 0.0444. The van der Waals surface area contributed by atoms with Crippen molar-refractivity contribution in [2.75, 3.05) is 13.7 Å². The van der Waals surface area contributed by atoms with Crippen LogP contribution in [0, 0.1) is 5.92 Å². The summed E-state index contributed by atoms with van der Waals surface area (Å²) in [5, 5.41) is 19.1. The van der Waals surface area contributed by atoms with Crippen LogP contribution in [-0.2, 0) is 4.74 Å². The monoisotopic (exact) mass is 247 g/mol. The Bertz CT molecular complexity index is 247. The molecule has 102 valence electrons. The first-order chi connectivity index (χ1) is 7.60. The highest BCUT2D eigenvalue weighted by Crippen LogP contribution is 2.15. The molecule has 17 heavy (non-hydrogen) atoms. The third kappa shape index (κ3) is 5.37. The molecule has 0 unspecified atom stereocenters. The van der Waals surface area contributed by atoms with Gasteiger partial charge in [0.1, 0.15) is 5.60 Å². The van der Waals surface area contributed by atoms with Gasteiger partial charge in [0.05, 0.1) is 18.8 Å². The van der Waals surface area contributed by atoms with E-state index < -0.39 is 23.8 Å². The fourth-order valence-corrected chi connectivity index (χ4v) is 1.37. The van der Waals surface area contributed by atoms with Crippen LogP contribution in [0.5, 0.6) is 0 Å². The Morgan fingerprint density at radius 3 is 2.12 bits per heavy atom. The van der Waals surface area contributed by atoms with Crippen LogP contribution >= 0.6 is 0 Å². The number of likely N-dealkylation sites (N-methyl/N-ethyl adjacent to an activating group) is 1. The van der Waals surface area contributed by atoms with Crippen molar-refractivity contribution in [3.05, 3.63) is 0 Å². The van der Waals surface area contributed by atoms with Crippen LogP contribution in [0.4, 0.5) is 4.79 Å². The maximum absolute atomic E-state index is 11.8. The van der Waals surface area contributed by atoms with Gasteiger partial charge in [-0.1, -0.05) is 13.8 Å². The lowest BCUT2D eigenvalue weighted by Gasteiger charge is -2.33. The summed E-state index contributed by atoms with van der Waals surface area (Å²) < 4.78 is 5.18. The minimum atomic E-state index is -0.780. The van der Waals surface area contributed by atoms with E-state index in [0.29, 0.717) is 0 Å². The number of aliphatic hydroxyl groups excluding tert-OH is 2. The van der Waals surface area contributed by atoms with E-state index in [0.717, 1.165) is 0 Å². The summed E-state index contributed by atoms with van der Waals surface area (Å²) in [6.45, 7) is 8.67. The molecule has 0 aliphatic rings. The molecule has 0 rings (SSSR count). The van der Waals surface area contributed by atoms with Crippen LogP contribution in [-0.4, -0.2) is 52.6 Å². The van der Waals surface area contributed by atoms with Gasteiger partial charge in [0.2, 0.25) is 0 Å². The molecule has 0 aromatic heterocycles. The van der Waals surface area contributed by atoms with Gasteiger partial charge >= 0.3 is 6.09 Å². The highest BCUT2D eigenvalue weighted by molar-refractivity contribution is 5.68. The van der Waals surface area contributed by atoms with Gasteiger partial charge in [-0.15, -0.1) is 0 Å². The lowest BCUT2D eigenvalue weighted by atomic mass is 9.99. The molecule has 0 fully saturated rings. The van der Waals surface area contributed by atoms with Crippen molar-refractivity contribution < 1.29 is 19.7 Å². The SMILES string of the molecule is CC(C)[C@@H](O)[C@H](CO)N(C)C(=O)OC(C)(C)C. The third-order valence-corrected chi connectivity index (χ3v) is 2.44. The van der Waals surface area contributed by atoms with E-state index >= 15 is 0 Å². The van der Waals surface area contributed by atoms with Gasteiger partial charge in [-0.05, 0) is 26.7 Å². The average Bonchev–Trinajstić information content (AvgIpc) is 2.15. The third-order valence-electron chi connectivity index (χ3n) is 2.44. The zero-order valence-electron chi connectivity index (χ0n) is 11.6. The molecule has 0 aliphatic carbocycles. The Kier molecular flexibility index (Phi) is 5.92. The Hall–Kier alpha value is -0.810. The zero-order valence-corrected chi connectivity index (χ0v) is 11.6. The van der Waals surface area contributed by atoms with E-state index in [2.05, 4.69) is 0 Å². The standard InChI is InChI=1S/C12H25NO4/c1-8(2)10(15)9(7-14)13(6)11(16)17-12(3,4)5/h8-10,14-15H,7H2,1-6H3/t9-,10+/m0/s1. The van der Waals surface area contributed by atoms with Crippen molar-refractivity contribution in [1.29, 1.82) is 0 Å². The van der Waals surface area contributed by atoms with Crippen LogP contribution < -0.4 is 0 Å². The van der Waals surface area contributed by atoms with Gasteiger partial charge in [-0.3, -0.25) is 0 Å². The maximum Gasteiger partial charge on any atom is 0.410 e. The van der Waals surface area contributed by atoms with Gasteiger partial charge in [0.15, 0.2) is 0 Å². The van der Waals surface area contributed by atoms with E-state index in [1.54, 1.807) is 20.8 Å². The molecule has 2 atom stereocenters. The van der Waals surface area contributed by atoms with Crippen LogP contribution in [0.25, 0.3) is 0 Å².